The predicted octanol–water partition coefficient (Wildman–Crippen LogP) is 3.49. The summed E-state index contributed by atoms with van der Waals surface area (Å²) in [5.41, 5.74) is 0.525. The Morgan fingerprint density at radius 3 is 2.63 bits per heavy atom. The average Bonchev–Trinajstić information content (AvgIpc) is 2.94. The maximum atomic E-state index is 13.0. The third-order valence-corrected chi connectivity index (χ3v) is 7.32. The van der Waals surface area contributed by atoms with E-state index in [1.807, 2.05) is 0 Å². The van der Waals surface area contributed by atoms with Gasteiger partial charge < -0.3 is 10.1 Å². The van der Waals surface area contributed by atoms with Crippen molar-refractivity contribution in [3.63, 3.8) is 0 Å². The number of aryl methyl sites for hydroxylation is 2. The summed E-state index contributed by atoms with van der Waals surface area (Å²) in [6.45, 7) is 2.13. The first-order valence-corrected chi connectivity index (χ1v) is 11.9. The molecule has 0 radical (unpaired) electrons. The van der Waals surface area contributed by atoms with E-state index in [0.29, 0.717) is 27.2 Å². The van der Waals surface area contributed by atoms with E-state index < -0.39 is 5.97 Å². The molecule has 3 heterocycles. The van der Waals surface area contributed by atoms with E-state index in [1.54, 1.807) is 11.5 Å². The number of thiophene rings is 1. The smallest absolute Gasteiger partial charge is 0.349 e. The van der Waals surface area contributed by atoms with Crippen LogP contribution in [-0.4, -0.2) is 34.1 Å². The van der Waals surface area contributed by atoms with Crippen LogP contribution in [0.1, 0.15) is 78.8 Å². The lowest BCUT2D eigenvalue weighted by atomic mass is 10.1. The summed E-state index contributed by atoms with van der Waals surface area (Å²) in [4.78, 5) is 43.5. The Kier molecular flexibility index (Phi) is 6.51. The van der Waals surface area contributed by atoms with E-state index in [-0.39, 0.29) is 24.1 Å². The Labute approximate surface area is 179 Å². The quantitative estimate of drug-likeness (QED) is 0.591. The van der Waals surface area contributed by atoms with Gasteiger partial charge in [0.15, 0.2) is 6.61 Å². The van der Waals surface area contributed by atoms with E-state index in [1.165, 1.54) is 24.2 Å². The fourth-order valence-corrected chi connectivity index (χ4v) is 5.58. The summed E-state index contributed by atoms with van der Waals surface area (Å²) in [5.74, 6) is -0.0287. The van der Waals surface area contributed by atoms with Crippen LogP contribution in [0.15, 0.2) is 4.79 Å². The largest absolute Gasteiger partial charge is 0.451 e. The summed E-state index contributed by atoms with van der Waals surface area (Å²) in [7, 11) is 0. The molecule has 2 aromatic rings. The number of fused-ring (bicyclic) bond motifs is 2. The molecule has 2 aliphatic rings. The first-order chi connectivity index (χ1) is 14.5. The van der Waals surface area contributed by atoms with Crippen molar-refractivity contribution in [2.75, 3.05) is 6.61 Å². The third kappa shape index (κ3) is 4.43. The molecular weight excluding hydrogens is 402 g/mol. The molecule has 4 rings (SSSR count). The number of rotatable bonds is 4. The summed E-state index contributed by atoms with van der Waals surface area (Å²) in [6.07, 6.45) is 10.5. The first-order valence-electron chi connectivity index (χ1n) is 11.0. The number of aromatic nitrogens is 2. The van der Waals surface area contributed by atoms with E-state index >= 15 is 0 Å². The summed E-state index contributed by atoms with van der Waals surface area (Å²) >= 11 is 1.19. The summed E-state index contributed by atoms with van der Waals surface area (Å²) in [6, 6.07) is 0.171. The topological polar surface area (TPSA) is 90.3 Å². The number of carbonyl (C=O) groups is 2. The van der Waals surface area contributed by atoms with Gasteiger partial charge in [-0.2, -0.15) is 0 Å². The van der Waals surface area contributed by atoms with Gasteiger partial charge in [0.2, 0.25) is 0 Å². The standard InChI is InChI=1S/C22H29N3O4S/c1-14-18-20(24-16-11-7-4-8-12-25(16)21(18)27)30-19(14)22(28)29-13-17(26)23-15-9-5-2-3-6-10-15/h15H,2-13H2,1H3,(H,23,26). The SMILES string of the molecule is Cc1c(C(=O)OCC(=O)NC2CCCCCC2)sc2nc3n(c(=O)c12)CCCCC3. The molecule has 30 heavy (non-hydrogen) atoms. The number of nitrogens with zero attached hydrogens (tertiary/aromatic N) is 2. The van der Waals surface area contributed by atoms with Crippen molar-refractivity contribution in [1.82, 2.24) is 14.9 Å². The van der Waals surface area contributed by atoms with E-state index in [2.05, 4.69) is 10.3 Å². The van der Waals surface area contributed by atoms with Crippen LogP contribution in [0, 0.1) is 6.92 Å². The number of nitrogens with one attached hydrogen (secondary N) is 1. The highest BCUT2D eigenvalue weighted by atomic mass is 32.1. The average molecular weight is 432 g/mol. The van der Waals surface area contributed by atoms with Crippen LogP contribution in [0.4, 0.5) is 0 Å². The second kappa shape index (κ2) is 9.29. The first kappa shape index (κ1) is 21.0. The highest BCUT2D eigenvalue weighted by Gasteiger charge is 2.24. The maximum absolute atomic E-state index is 13.0. The molecule has 1 fully saturated rings. The van der Waals surface area contributed by atoms with Crippen LogP contribution in [0.2, 0.25) is 0 Å². The molecule has 1 amide bonds. The van der Waals surface area contributed by atoms with Crippen LogP contribution in [0.3, 0.4) is 0 Å². The molecule has 2 aromatic heterocycles. The Balaban J connectivity index is 1.47. The minimum atomic E-state index is -0.564. The van der Waals surface area contributed by atoms with Gasteiger partial charge in [-0.05, 0) is 38.2 Å². The van der Waals surface area contributed by atoms with Crippen molar-refractivity contribution in [1.29, 1.82) is 0 Å². The number of carbonyl (C=O) groups excluding carboxylic acids is 2. The van der Waals surface area contributed by atoms with Crippen LogP contribution < -0.4 is 10.9 Å². The molecule has 1 aliphatic heterocycles. The molecule has 0 aromatic carbocycles. The lowest BCUT2D eigenvalue weighted by Crippen LogP contribution is -2.37. The van der Waals surface area contributed by atoms with Crippen molar-refractivity contribution in [2.45, 2.75) is 83.7 Å². The van der Waals surface area contributed by atoms with Gasteiger partial charge in [-0.1, -0.05) is 32.1 Å². The molecule has 1 N–H and O–H groups in total. The van der Waals surface area contributed by atoms with E-state index in [4.69, 9.17) is 4.74 Å². The minimum Gasteiger partial charge on any atom is -0.451 e. The number of ether oxygens (including phenoxy) is 1. The van der Waals surface area contributed by atoms with Gasteiger partial charge in [0.05, 0.1) is 5.39 Å². The Morgan fingerprint density at radius 1 is 1.13 bits per heavy atom. The lowest BCUT2D eigenvalue weighted by molar-refractivity contribution is -0.125. The lowest BCUT2D eigenvalue weighted by Gasteiger charge is -2.16. The van der Waals surface area contributed by atoms with Crippen molar-refractivity contribution in [3.05, 3.63) is 26.6 Å². The second-order valence-corrected chi connectivity index (χ2v) is 9.36. The monoisotopic (exact) mass is 431 g/mol. The van der Waals surface area contributed by atoms with Crippen molar-refractivity contribution in [2.24, 2.45) is 0 Å². The van der Waals surface area contributed by atoms with Gasteiger partial charge in [0.1, 0.15) is 15.5 Å². The highest BCUT2D eigenvalue weighted by molar-refractivity contribution is 7.20. The fourth-order valence-electron chi connectivity index (χ4n) is 4.49. The Bertz CT molecular complexity index is 1000. The summed E-state index contributed by atoms with van der Waals surface area (Å²) in [5, 5.41) is 3.48. The van der Waals surface area contributed by atoms with Gasteiger partial charge in [0.25, 0.3) is 11.5 Å². The molecule has 162 valence electrons. The van der Waals surface area contributed by atoms with Gasteiger partial charge in [-0.15, -0.1) is 11.3 Å². The molecule has 0 spiro atoms. The number of hydrogen-bond donors (Lipinski definition) is 1. The third-order valence-electron chi connectivity index (χ3n) is 6.15. The maximum Gasteiger partial charge on any atom is 0.349 e. The number of hydrogen-bond acceptors (Lipinski definition) is 6. The Morgan fingerprint density at radius 2 is 1.87 bits per heavy atom. The van der Waals surface area contributed by atoms with Crippen molar-refractivity contribution in [3.8, 4) is 0 Å². The second-order valence-electron chi connectivity index (χ2n) is 8.36. The molecule has 1 aliphatic carbocycles. The van der Waals surface area contributed by atoms with Gasteiger partial charge >= 0.3 is 5.97 Å². The van der Waals surface area contributed by atoms with Crippen molar-refractivity contribution >= 4 is 33.4 Å². The van der Waals surface area contributed by atoms with Crippen molar-refractivity contribution < 1.29 is 14.3 Å². The highest BCUT2D eigenvalue weighted by Crippen LogP contribution is 2.29. The van der Waals surface area contributed by atoms with Crippen LogP contribution in [0.25, 0.3) is 10.2 Å². The molecule has 0 atom stereocenters. The zero-order valence-electron chi connectivity index (χ0n) is 17.5. The van der Waals surface area contributed by atoms with Crippen LogP contribution in [-0.2, 0) is 22.5 Å². The molecule has 0 unspecified atom stereocenters. The molecule has 0 saturated heterocycles. The molecule has 1 saturated carbocycles. The molecule has 0 bridgehead atoms. The van der Waals surface area contributed by atoms with Crippen LogP contribution >= 0.6 is 11.3 Å². The zero-order chi connectivity index (χ0) is 21.1. The van der Waals surface area contributed by atoms with Gasteiger partial charge in [-0.3, -0.25) is 14.2 Å². The van der Waals surface area contributed by atoms with E-state index in [9.17, 15) is 14.4 Å². The summed E-state index contributed by atoms with van der Waals surface area (Å²) < 4.78 is 7.04. The normalized spacial score (nSPS) is 17.8. The van der Waals surface area contributed by atoms with E-state index in [0.717, 1.165) is 57.2 Å². The molecule has 8 heteroatoms. The fraction of sp³-hybridized carbons (Fsp3) is 0.636. The van der Waals surface area contributed by atoms with Gasteiger partial charge in [0, 0.05) is 19.0 Å². The minimum absolute atomic E-state index is 0.0733. The predicted molar refractivity (Wildman–Crippen MR) is 116 cm³/mol. The van der Waals surface area contributed by atoms with Gasteiger partial charge in [-0.25, -0.2) is 9.78 Å². The Hall–Kier alpha value is -2.22. The molecular formula is C22H29N3O4S. The van der Waals surface area contributed by atoms with Crippen LogP contribution in [0.5, 0.6) is 0 Å². The zero-order valence-corrected chi connectivity index (χ0v) is 18.3. The number of amides is 1. The molecule has 7 nitrogen and oxygen atoms in total. The number of esters is 1.